The largest absolute Gasteiger partial charge is 0.399 e. The van der Waals surface area contributed by atoms with E-state index in [9.17, 15) is 4.79 Å². The normalized spacial score (nSPS) is 12.1. The van der Waals surface area contributed by atoms with Crippen molar-refractivity contribution in [2.45, 2.75) is 25.3 Å². The minimum Gasteiger partial charge on any atom is -0.399 e. The standard InChI is InChI=1S/C20H27N3O/c1-23(2)15-18(14-16-8-4-3-5-9-16)22-20(24)13-12-17-10-6-7-11-19(17)21/h3-11,18H,12-15,21H2,1-2H3,(H,22,24). The number of rotatable bonds is 8. The first-order valence-corrected chi connectivity index (χ1v) is 8.36. The molecule has 0 saturated carbocycles. The van der Waals surface area contributed by atoms with Crippen LogP contribution >= 0.6 is 0 Å². The molecule has 24 heavy (non-hydrogen) atoms. The van der Waals surface area contributed by atoms with Crippen LogP contribution in [0.5, 0.6) is 0 Å². The van der Waals surface area contributed by atoms with E-state index in [1.54, 1.807) is 0 Å². The van der Waals surface area contributed by atoms with E-state index in [0.29, 0.717) is 12.8 Å². The fourth-order valence-electron chi connectivity index (χ4n) is 2.81. The van der Waals surface area contributed by atoms with Gasteiger partial charge in [0.15, 0.2) is 0 Å². The van der Waals surface area contributed by atoms with Crippen LogP contribution in [-0.2, 0) is 17.6 Å². The number of anilines is 1. The zero-order valence-corrected chi connectivity index (χ0v) is 14.5. The van der Waals surface area contributed by atoms with E-state index in [0.717, 1.165) is 24.2 Å². The third-order valence-electron chi connectivity index (χ3n) is 3.95. The Morgan fingerprint density at radius 2 is 1.75 bits per heavy atom. The van der Waals surface area contributed by atoms with Crippen molar-refractivity contribution in [3.63, 3.8) is 0 Å². The van der Waals surface area contributed by atoms with Crippen molar-refractivity contribution in [2.75, 3.05) is 26.4 Å². The lowest BCUT2D eigenvalue weighted by molar-refractivity contribution is -0.121. The maximum absolute atomic E-state index is 12.3. The van der Waals surface area contributed by atoms with Gasteiger partial charge in [-0.15, -0.1) is 0 Å². The number of nitrogen functional groups attached to an aromatic ring is 1. The molecule has 0 spiro atoms. The average molecular weight is 325 g/mol. The van der Waals surface area contributed by atoms with Crippen molar-refractivity contribution >= 4 is 11.6 Å². The summed E-state index contributed by atoms with van der Waals surface area (Å²) in [7, 11) is 4.05. The Kier molecular flexibility index (Phi) is 6.82. The Morgan fingerprint density at radius 3 is 2.42 bits per heavy atom. The summed E-state index contributed by atoms with van der Waals surface area (Å²) in [5.74, 6) is 0.0704. The highest BCUT2D eigenvalue weighted by Gasteiger charge is 2.14. The quantitative estimate of drug-likeness (QED) is 0.733. The topological polar surface area (TPSA) is 58.4 Å². The molecule has 1 amide bonds. The summed E-state index contributed by atoms with van der Waals surface area (Å²) in [6.07, 6.45) is 1.95. The molecule has 128 valence electrons. The predicted octanol–water partition coefficient (Wildman–Crippen LogP) is 2.49. The summed E-state index contributed by atoms with van der Waals surface area (Å²) >= 11 is 0. The SMILES string of the molecule is CN(C)CC(Cc1ccccc1)NC(=O)CCc1ccccc1N. The summed E-state index contributed by atoms with van der Waals surface area (Å²) in [5.41, 5.74) is 8.95. The molecule has 0 bridgehead atoms. The van der Waals surface area contributed by atoms with Crippen molar-refractivity contribution in [3.8, 4) is 0 Å². The van der Waals surface area contributed by atoms with Gasteiger partial charge in [0.2, 0.25) is 5.91 Å². The molecular weight excluding hydrogens is 298 g/mol. The first-order valence-electron chi connectivity index (χ1n) is 8.36. The molecule has 0 aromatic heterocycles. The number of nitrogens with two attached hydrogens (primary N) is 1. The number of hydrogen-bond donors (Lipinski definition) is 2. The van der Waals surface area contributed by atoms with Gasteiger partial charge in [0.05, 0.1) is 0 Å². The van der Waals surface area contributed by atoms with Crippen LogP contribution in [0.25, 0.3) is 0 Å². The number of nitrogens with zero attached hydrogens (tertiary/aromatic N) is 1. The van der Waals surface area contributed by atoms with Crippen molar-refractivity contribution in [3.05, 3.63) is 65.7 Å². The lowest BCUT2D eigenvalue weighted by Gasteiger charge is -2.22. The molecule has 4 nitrogen and oxygen atoms in total. The molecule has 1 atom stereocenters. The van der Waals surface area contributed by atoms with Gasteiger partial charge in [-0.25, -0.2) is 0 Å². The molecule has 0 radical (unpaired) electrons. The number of benzene rings is 2. The van der Waals surface area contributed by atoms with Crippen LogP contribution < -0.4 is 11.1 Å². The van der Waals surface area contributed by atoms with Crippen molar-refractivity contribution in [1.29, 1.82) is 0 Å². The van der Waals surface area contributed by atoms with E-state index in [1.807, 2.05) is 56.6 Å². The van der Waals surface area contributed by atoms with Gasteiger partial charge in [0, 0.05) is 24.7 Å². The van der Waals surface area contributed by atoms with Gasteiger partial charge in [0.1, 0.15) is 0 Å². The summed E-state index contributed by atoms with van der Waals surface area (Å²) in [6.45, 7) is 0.814. The second-order valence-corrected chi connectivity index (χ2v) is 6.42. The van der Waals surface area contributed by atoms with Gasteiger partial charge in [-0.05, 0) is 44.1 Å². The van der Waals surface area contributed by atoms with Crippen LogP contribution in [0.4, 0.5) is 5.69 Å². The Bertz CT molecular complexity index is 640. The lowest BCUT2D eigenvalue weighted by atomic mass is 10.0. The first-order chi connectivity index (χ1) is 11.5. The molecule has 1 unspecified atom stereocenters. The molecular formula is C20H27N3O. The average Bonchev–Trinajstić information content (AvgIpc) is 2.54. The maximum Gasteiger partial charge on any atom is 0.220 e. The van der Waals surface area contributed by atoms with E-state index in [4.69, 9.17) is 5.73 Å². The van der Waals surface area contributed by atoms with Crippen molar-refractivity contribution in [2.24, 2.45) is 0 Å². The van der Waals surface area contributed by atoms with Gasteiger partial charge in [-0.2, -0.15) is 0 Å². The van der Waals surface area contributed by atoms with E-state index in [-0.39, 0.29) is 11.9 Å². The summed E-state index contributed by atoms with van der Waals surface area (Å²) < 4.78 is 0. The molecule has 0 fully saturated rings. The third kappa shape index (κ3) is 6.05. The van der Waals surface area contributed by atoms with Gasteiger partial charge in [-0.1, -0.05) is 48.5 Å². The highest BCUT2D eigenvalue weighted by molar-refractivity contribution is 5.76. The van der Waals surface area contributed by atoms with Gasteiger partial charge in [-0.3, -0.25) is 4.79 Å². The molecule has 2 aromatic rings. The molecule has 0 aliphatic carbocycles. The minimum absolute atomic E-state index is 0.0704. The number of hydrogen-bond acceptors (Lipinski definition) is 3. The van der Waals surface area contributed by atoms with Crippen LogP contribution in [0.2, 0.25) is 0 Å². The molecule has 2 aromatic carbocycles. The number of carbonyl (C=O) groups is 1. The monoisotopic (exact) mass is 325 g/mol. The maximum atomic E-state index is 12.3. The second kappa shape index (κ2) is 9.08. The number of nitrogens with one attached hydrogen (secondary N) is 1. The molecule has 0 aliphatic heterocycles. The Labute approximate surface area is 144 Å². The van der Waals surface area contributed by atoms with Crippen molar-refractivity contribution < 1.29 is 4.79 Å². The van der Waals surface area contributed by atoms with Gasteiger partial charge in [0.25, 0.3) is 0 Å². The lowest BCUT2D eigenvalue weighted by Crippen LogP contribution is -2.43. The minimum atomic E-state index is 0.0704. The summed E-state index contributed by atoms with van der Waals surface area (Å²) in [6, 6.07) is 18.1. The van der Waals surface area contributed by atoms with E-state index >= 15 is 0 Å². The highest BCUT2D eigenvalue weighted by atomic mass is 16.1. The fourth-order valence-corrected chi connectivity index (χ4v) is 2.81. The van der Waals surface area contributed by atoms with Crippen LogP contribution in [-0.4, -0.2) is 37.5 Å². The molecule has 4 heteroatoms. The van der Waals surface area contributed by atoms with Gasteiger partial charge >= 0.3 is 0 Å². The molecule has 3 N–H and O–H groups in total. The number of para-hydroxylation sites is 1. The number of amides is 1. The Morgan fingerprint density at radius 1 is 1.08 bits per heavy atom. The van der Waals surface area contributed by atoms with Gasteiger partial charge < -0.3 is 16.0 Å². The van der Waals surface area contributed by atoms with Crippen LogP contribution in [0, 0.1) is 0 Å². The summed E-state index contributed by atoms with van der Waals surface area (Å²) in [4.78, 5) is 14.4. The van der Waals surface area contributed by atoms with E-state index in [2.05, 4.69) is 22.3 Å². The fraction of sp³-hybridized carbons (Fsp3) is 0.350. The zero-order valence-electron chi connectivity index (χ0n) is 14.5. The van der Waals surface area contributed by atoms with Crippen LogP contribution in [0.15, 0.2) is 54.6 Å². The number of likely N-dealkylation sites (N-methyl/N-ethyl adjacent to an activating group) is 1. The second-order valence-electron chi connectivity index (χ2n) is 6.42. The number of aryl methyl sites for hydroxylation is 1. The smallest absolute Gasteiger partial charge is 0.220 e. The van der Waals surface area contributed by atoms with Crippen molar-refractivity contribution in [1.82, 2.24) is 10.2 Å². The third-order valence-corrected chi connectivity index (χ3v) is 3.95. The highest BCUT2D eigenvalue weighted by Crippen LogP contribution is 2.12. The predicted molar refractivity (Wildman–Crippen MR) is 99.8 cm³/mol. The zero-order chi connectivity index (χ0) is 17.4. The molecule has 0 heterocycles. The molecule has 2 rings (SSSR count). The number of carbonyl (C=O) groups excluding carboxylic acids is 1. The Hall–Kier alpha value is -2.33. The molecule has 0 aliphatic rings. The summed E-state index contributed by atoms with van der Waals surface area (Å²) in [5, 5.41) is 3.17. The van der Waals surface area contributed by atoms with E-state index < -0.39 is 0 Å². The van der Waals surface area contributed by atoms with Crippen LogP contribution in [0.3, 0.4) is 0 Å². The van der Waals surface area contributed by atoms with E-state index in [1.165, 1.54) is 5.56 Å². The molecule has 0 saturated heterocycles. The first kappa shape index (κ1) is 18.0. The van der Waals surface area contributed by atoms with Crippen LogP contribution in [0.1, 0.15) is 17.5 Å². The Balaban J connectivity index is 1.90.